The van der Waals surface area contributed by atoms with Crippen LogP contribution in [0, 0.1) is 10.1 Å². The summed E-state index contributed by atoms with van der Waals surface area (Å²) in [5, 5.41) is 22.8. The van der Waals surface area contributed by atoms with Gasteiger partial charge in [0.05, 0.1) is 55.3 Å². The van der Waals surface area contributed by atoms with Crippen molar-refractivity contribution >= 4 is 11.4 Å². The summed E-state index contributed by atoms with van der Waals surface area (Å²) >= 11 is 0. The summed E-state index contributed by atoms with van der Waals surface area (Å²) in [6.07, 6.45) is 2.27. The molecule has 0 spiro atoms. The van der Waals surface area contributed by atoms with Gasteiger partial charge in [-0.2, -0.15) is 0 Å². The molecule has 4 aromatic rings. The Balaban J connectivity index is 1.65. The number of rotatable bonds is 10. The van der Waals surface area contributed by atoms with Crippen molar-refractivity contribution in [3.8, 4) is 11.5 Å². The maximum atomic E-state index is 11.7. The van der Waals surface area contributed by atoms with Gasteiger partial charge in [-0.3, -0.25) is 20.1 Å². The number of aromatic nitrogens is 2. The van der Waals surface area contributed by atoms with E-state index < -0.39 is 11.0 Å². The zero-order chi connectivity index (χ0) is 25.5. The molecule has 36 heavy (non-hydrogen) atoms. The minimum atomic E-state index is -1.24. The van der Waals surface area contributed by atoms with E-state index in [2.05, 4.69) is 14.9 Å². The first kappa shape index (κ1) is 24.6. The molecule has 0 saturated carbocycles. The zero-order valence-electron chi connectivity index (χ0n) is 19.9. The monoisotopic (exact) mass is 486 g/mol. The minimum Gasteiger partial charge on any atom is -0.493 e. The quantitative estimate of drug-likeness (QED) is 0.254. The fourth-order valence-corrected chi connectivity index (χ4v) is 3.92. The first-order valence-corrected chi connectivity index (χ1v) is 11.2. The van der Waals surface area contributed by atoms with Crippen molar-refractivity contribution in [1.82, 2.24) is 9.97 Å². The van der Waals surface area contributed by atoms with Crippen LogP contribution in [0.1, 0.15) is 28.6 Å². The molecule has 1 atom stereocenters. The summed E-state index contributed by atoms with van der Waals surface area (Å²) in [5.41, 5.74) is 3.06. The third-order valence-corrected chi connectivity index (χ3v) is 5.76. The van der Waals surface area contributed by atoms with Gasteiger partial charge >= 0.3 is 0 Å². The molecule has 1 unspecified atom stereocenters. The maximum absolute atomic E-state index is 11.7. The molecule has 9 heteroatoms. The Morgan fingerprint density at radius 3 is 1.92 bits per heavy atom. The Bertz CT molecular complexity index is 1260. The Kier molecular flexibility index (Phi) is 7.72. The van der Waals surface area contributed by atoms with Gasteiger partial charge < -0.3 is 19.5 Å². The number of ether oxygens (including phenoxy) is 2. The van der Waals surface area contributed by atoms with Gasteiger partial charge in [0.25, 0.3) is 5.69 Å². The van der Waals surface area contributed by atoms with E-state index in [1.807, 2.05) is 48.5 Å². The summed E-state index contributed by atoms with van der Waals surface area (Å²) < 4.78 is 10.5. The molecular weight excluding hydrogens is 460 g/mol. The van der Waals surface area contributed by atoms with Crippen molar-refractivity contribution < 1.29 is 19.5 Å². The van der Waals surface area contributed by atoms with Crippen LogP contribution in [0.3, 0.4) is 0 Å². The molecule has 0 amide bonds. The molecule has 2 aromatic heterocycles. The first-order chi connectivity index (χ1) is 17.5. The highest BCUT2D eigenvalue weighted by atomic mass is 16.6. The number of aliphatic hydroxyl groups excluding tert-OH is 1. The Morgan fingerprint density at radius 1 is 0.889 bits per heavy atom. The largest absolute Gasteiger partial charge is 0.493 e. The lowest BCUT2D eigenvalue weighted by Crippen LogP contribution is -2.23. The lowest BCUT2D eigenvalue weighted by atomic mass is 9.99. The molecule has 0 aliphatic rings. The molecule has 184 valence electrons. The van der Waals surface area contributed by atoms with Gasteiger partial charge in [-0.15, -0.1) is 0 Å². The van der Waals surface area contributed by atoms with Crippen molar-refractivity contribution in [2.75, 3.05) is 19.1 Å². The third kappa shape index (κ3) is 5.59. The number of nitro groups is 1. The van der Waals surface area contributed by atoms with Gasteiger partial charge in [-0.1, -0.05) is 24.3 Å². The number of hydrogen-bond acceptors (Lipinski definition) is 8. The van der Waals surface area contributed by atoms with Crippen molar-refractivity contribution in [2.45, 2.75) is 19.2 Å². The SMILES string of the molecule is COc1cc(C(O)c2ccc(N(Cc3ccccn3)Cc3ccccn3)cc2)c([N+](=O)[O-])cc1OC. The standard InChI is InChI=1S/C27H26N4O5/c1-35-25-15-23(24(31(33)34)16-26(25)36-2)27(32)19-9-11-22(12-10-19)30(17-20-7-3-5-13-28-20)18-21-8-4-6-14-29-21/h3-16,27,32H,17-18H2,1-2H3. The van der Waals surface area contributed by atoms with E-state index in [-0.39, 0.29) is 17.0 Å². The van der Waals surface area contributed by atoms with Crippen molar-refractivity contribution in [1.29, 1.82) is 0 Å². The predicted octanol–water partition coefficient (Wildman–Crippen LogP) is 4.69. The van der Waals surface area contributed by atoms with Gasteiger partial charge in [-0.25, -0.2) is 0 Å². The first-order valence-electron chi connectivity index (χ1n) is 11.2. The number of pyridine rings is 2. The maximum Gasteiger partial charge on any atom is 0.279 e. The minimum absolute atomic E-state index is 0.115. The average molecular weight is 487 g/mol. The molecule has 0 fully saturated rings. The van der Waals surface area contributed by atoms with Gasteiger partial charge in [0.2, 0.25) is 0 Å². The van der Waals surface area contributed by atoms with Crippen LogP contribution in [0.4, 0.5) is 11.4 Å². The van der Waals surface area contributed by atoms with Gasteiger partial charge in [-0.05, 0) is 48.0 Å². The van der Waals surface area contributed by atoms with Crippen LogP contribution in [0.25, 0.3) is 0 Å². The van der Waals surface area contributed by atoms with Crippen LogP contribution < -0.4 is 14.4 Å². The topological polar surface area (TPSA) is 111 Å². The number of aliphatic hydroxyl groups is 1. The van der Waals surface area contributed by atoms with Crippen LogP contribution in [0.2, 0.25) is 0 Å². The number of hydrogen-bond donors (Lipinski definition) is 1. The van der Waals surface area contributed by atoms with Crippen LogP contribution in [-0.4, -0.2) is 34.2 Å². The highest BCUT2D eigenvalue weighted by Crippen LogP contribution is 2.39. The molecule has 2 heterocycles. The van der Waals surface area contributed by atoms with E-state index in [0.29, 0.717) is 24.4 Å². The fraction of sp³-hybridized carbons (Fsp3) is 0.185. The van der Waals surface area contributed by atoms with Crippen LogP contribution >= 0.6 is 0 Å². The molecule has 0 aliphatic heterocycles. The molecule has 0 bridgehead atoms. The summed E-state index contributed by atoms with van der Waals surface area (Å²) in [7, 11) is 2.84. The van der Waals surface area contributed by atoms with Crippen molar-refractivity contribution in [2.24, 2.45) is 0 Å². The average Bonchev–Trinajstić information content (AvgIpc) is 2.92. The van der Waals surface area contributed by atoms with Gasteiger partial charge in [0.1, 0.15) is 6.10 Å². The number of methoxy groups -OCH3 is 2. The number of anilines is 1. The summed E-state index contributed by atoms with van der Waals surface area (Å²) in [6.45, 7) is 1.11. The number of benzene rings is 2. The van der Waals surface area contributed by atoms with E-state index in [9.17, 15) is 15.2 Å². The third-order valence-electron chi connectivity index (χ3n) is 5.76. The van der Waals surface area contributed by atoms with Crippen LogP contribution in [-0.2, 0) is 13.1 Å². The van der Waals surface area contributed by atoms with E-state index in [1.165, 1.54) is 26.4 Å². The van der Waals surface area contributed by atoms with Crippen LogP contribution in [0.15, 0.2) is 85.2 Å². The summed E-state index contributed by atoms with van der Waals surface area (Å²) in [6, 6.07) is 21.5. The van der Waals surface area contributed by atoms with Crippen molar-refractivity contribution in [3.63, 3.8) is 0 Å². The number of nitro benzene ring substituents is 1. The molecule has 0 radical (unpaired) electrons. The highest BCUT2D eigenvalue weighted by molar-refractivity contribution is 5.57. The van der Waals surface area contributed by atoms with Crippen molar-refractivity contribution in [3.05, 3.63) is 118 Å². The smallest absolute Gasteiger partial charge is 0.279 e. The Morgan fingerprint density at radius 2 is 1.44 bits per heavy atom. The predicted molar refractivity (Wildman–Crippen MR) is 135 cm³/mol. The van der Waals surface area contributed by atoms with Crippen LogP contribution in [0.5, 0.6) is 11.5 Å². The van der Waals surface area contributed by atoms with E-state index >= 15 is 0 Å². The highest BCUT2D eigenvalue weighted by Gasteiger charge is 2.26. The molecule has 9 nitrogen and oxygen atoms in total. The molecule has 2 aromatic carbocycles. The molecule has 1 N–H and O–H groups in total. The normalized spacial score (nSPS) is 11.5. The van der Waals surface area contributed by atoms with E-state index in [4.69, 9.17) is 9.47 Å². The lowest BCUT2D eigenvalue weighted by Gasteiger charge is -2.25. The van der Waals surface area contributed by atoms with Gasteiger partial charge in [0.15, 0.2) is 11.5 Å². The summed E-state index contributed by atoms with van der Waals surface area (Å²) in [5.74, 6) is 0.515. The summed E-state index contributed by atoms with van der Waals surface area (Å²) in [4.78, 5) is 22.2. The van der Waals surface area contributed by atoms with Gasteiger partial charge in [0, 0.05) is 18.1 Å². The molecule has 0 saturated heterocycles. The molecule has 0 aliphatic carbocycles. The fourth-order valence-electron chi connectivity index (χ4n) is 3.92. The molecule has 4 rings (SSSR count). The van der Waals surface area contributed by atoms with E-state index in [0.717, 1.165) is 17.1 Å². The Hall–Kier alpha value is -4.50. The second-order valence-corrected chi connectivity index (χ2v) is 8.02. The lowest BCUT2D eigenvalue weighted by molar-refractivity contribution is -0.386. The zero-order valence-corrected chi connectivity index (χ0v) is 19.9. The van der Waals surface area contributed by atoms with E-state index in [1.54, 1.807) is 24.5 Å². The number of nitrogens with zero attached hydrogens (tertiary/aromatic N) is 4. The molecular formula is C27H26N4O5. The second-order valence-electron chi connectivity index (χ2n) is 8.02. The Labute approximate surface area is 208 Å². The second kappa shape index (κ2) is 11.3.